The lowest BCUT2D eigenvalue weighted by atomic mass is 9.48. The Bertz CT molecular complexity index is 1110. The van der Waals surface area contributed by atoms with E-state index in [1.54, 1.807) is 0 Å². The minimum Gasteiger partial charge on any atom is -0.444 e. The van der Waals surface area contributed by atoms with Gasteiger partial charge < -0.3 is 20.7 Å². The summed E-state index contributed by atoms with van der Waals surface area (Å²) in [6.45, 7) is 6.76. The first kappa shape index (κ1) is 25.1. The van der Waals surface area contributed by atoms with Gasteiger partial charge in [-0.05, 0) is 87.7 Å². The molecule has 6 rings (SSSR count). The summed E-state index contributed by atoms with van der Waals surface area (Å²) < 4.78 is 20.1. The van der Waals surface area contributed by atoms with E-state index in [0.29, 0.717) is 41.8 Å². The van der Waals surface area contributed by atoms with E-state index in [2.05, 4.69) is 25.9 Å². The number of anilines is 2. The highest BCUT2D eigenvalue weighted by Gasteiger charge is 2.55. The number of ether oxygens (including phenoxy) is 1. The summed E-state index contributed by atoms with van der Waals surface area (Å²) >= 11 is 6.23. The smallest absolute Gasteiger partial charge is 0.407 e. The van der Waals surface area contributed by atoms with Crippen molar-refractivity contribution in [2.45, 2.75) is 71.1 Å². The van der Waals surface area contributed by atoms with Gasteiger partial charge in [0.05, 0.1) is 6.20 Å². The fourth-order valence-corrected chi connectivity index (χ4v) is 6.95. The van der Waals surface area contributed by atoms with Gasteiger partial charge in [0, 0.05) is 24.2 Å². The average molecular weight is 516 g/mol. The van der Waals surface area contributed by atoms with Crippen LogP contribution in [0.2, 0.25) is 5.02 Å². The number of nitrogens with zero attached hydrogens (tertiary/aromatic N) is 2. The molecule has 4 aliphatic rings. The molecule has 4 aliphatic carbocycles. The molecule has 9 heteroatoms. The van der Waals surface area contributed by atoms with Crippen molar-refractivity contribution in [3.05, 3.63) is 46.9 Å². The molecule has 7 nitrogen and oxygen atoms in total. The summed E-state index contributed by atoms with van der Waals surface area (Å²) in [5.41, 5.74) is 0.499. The molecule has 1 unspecified atom stereocenters. The normalized spacial score (nSPS) is 28.6. The standard InChI is InChI=1S/C27H35ClFN5O2/c1-26(2,3)36-25(35)33-22-18-8-16-9-19(22)12-27(10-16,11-18)15-32-23-21(29)14-31-24(34-23)30-13-17-6-4-5-7-20(17)28/h4-7,14,16,18-19,22H,8-13,15H2,1-3H3,(H,33,35)(H2,30,31,32,34)/t16?,18-,19+,22-,27-. The van der Waals surface area contributed by atoms with Crippen LogP contribution in [0.3, 0.4) is 0 Å². The lowest BCUT2D eigenvalue weighted by Crippen LogP contribution is -2.60. The zero-order chi connectivity index (χ0) is 25.5. The van der Waals surface area contributed by atoms with E-state index < -0.39 is 11.4 Å². The first-order valence-electron chi connectivity index (χ1n) is 12.8. The third-order valence-electron chi connectivity index (χ3n) is 7.85. The third-order valence-corrected chi connectivity index (χ3v) is 8.22. The third kappa shape index (κ3) is 5.53. The molecule has 36 heavy (non-hydrogen) atoms. The summed E-state index contributed by atoms with van der Waals surface area (Å²) in [6, 6.07) is 7.70. The number of halogens is 2. The molecular weight excluding hydrogens is 481 g/mol. The van der Waals surface area contributed by atoms with Crippen LogP contribution in [0, 0.1) is 29.0 Å². The van der Waals surface area contributed by atoms with E-state index in [9.17, 15) is 9.18 Å². The van der Waals surface area contributed by atoms with Crippen molar-refractivity contribution in [3.63, 3.8) is 0 Å². The first-order chi connectivity index (χ1) is 17.1. The lowest BCUT2D eigenvalue weighted by Gasteiger charge is -2.60. The van der Waals surface area contributed by atoms with Crippen LogP contribution in [0.15, 0.2) is 30.5 Å². The summed E-state index contributed by atoms with van der Waals surface area (Å²) in [4.78, 5) is 20.9. The predicted molar refractivity (Wildman–Crippen MR) is 138 cm³/mol. The van der Waals surface area contributed by atoms with E-state index in [1.807, 2.05) is 45.0 Å². The van der Waals surface area contributed by atoms with Gasteiger partial charge in [0.25, 0.3) is 0 Å². The number of amides is 1. The number of aromatic nitrogens is 2. The van der Waals surface area contributed by atoms with E-state index in [4.69, 9.17) is 16.3 Å². The number of hydrogen-bond donors (Lipinski definition) is 3. The van der Waals surface area contributed by atoms with Gasteiger partial charge in [-0.2, -0.15) is 4.98 Å². The van der Waals surface area contributed by atoms with E-state index >= 15 is 0 Å². The van der Waals surface area contributed by atoms with Crippen molar-refractivity contribution in [2.75, 3.05) is 17.2 Å². The molecule has 1 heterocycles. The molecule has 3 N–H and O–H groups in total. The van der Waals surface area contributed by atoms with Crippen molar-refractivity contribution in [2.24, 2.45) is 23.2 Å². The Morgan fingerprint density at radius 3 is 2.58 bits per heavy atom. The second kappa shape index (κ2) is 9.69. The monoisotopic (exact) mass is 515 g/mol. The summed E-state index contributed by atoms with van der Waals surface area (Å²) in [5, 5.41) is 10.3. The zero-order valence-electron chi connectivity index (χ0n) is 21.1. The molecule has 0 aliphatic heterocycles. The fourth-order valence-electron chi connectivity index (χ4n) is 6.75. The van der Waals surface area contributed by atoms with E-state index in [1.165, 1.54) is 6.20 Å². The van der Waals surface area contributed by atoms with Crippen LogP contribution in [-0.4, -0.2) is 34.2 Å². The van der Waals surface area contributed by atoms with Crippen LogP contribution in [0.4, 0.5) is 21.0 Å². The maximum Gasteiger partial charge on any atom is 0.407 e. The minimum atomic E-state index is -0.510. The van der Waals surface area contributed by atoms with Crippen molar-refractivity contribution < 1.29 is 13.9 Å². The molecule has 0 radical (unpaired) electrons. The molecule has 1 aromatic heterocycles. The van der Waals surface area contributed by atoms with Crippen molar-refractivity contribution in [1.82, 2.24) is 15.3 Å². The van der Waals surface area contributed by atoms with Gasteiger partial charge >= 0.3 is 6.09 Å². The topological polar surface area (TPSA) is 88.2 Å². The minimum absolute atomic E-state index is 0.0885. The quantitative estimate of drug-likeness (QED) is 0.418. The molecule has 1 amide bonds. The molecule has 4 saturated carbocycles. The van der Waals surface area contributed by atoms with Gasteiger partial charge in [-0.1, -0.05) is 29.8 Å². The van der Waals surface area contributed by atoms with Crippen LogP contribution >= 0.6 is 11.6 Å². The highest BCUT2D eigenvalue weighted by Crippen LogP contribution is 2.60. The summed E-state index contributed by atoms with van der Waals surface area (Å²) in [6.07, 6.45) is 6.30. The molecule has 0 spiro atoms. The maximum absolute atomic E-state index is 14.6. The highest BCUT2D eigenvalue weighted by atomic mass is 35.5. The Hall–Kier alpha value is -2.61. The summed E-state index contributed by atoms with van der Waals surface area (Å²) in [5.74, 6) is 1.61. The number of alkyl carbamates (subject to hydrolysis) is 1. The number of hydrogen-bond acceptors (Lipinski definition) is 6. The second-order valence-electron chi connectivity index (χ2n) is 11.8. The molecule has 0 saturated heterocycles. The Kier molecular flexibility index (Phi) is 6.74. The lowest BCUT2D eigenvalue weighted by molar-refractivity contribution is -0.0703. The largest absolute Gasteiger partial charge is 0.444 e. The van der Waals surface area contributed by atoms with E-state index in [0.717, 1.165) is 37.7 Å². The number of nitrogens with one attached hydrogen (secondary N) is 3. The van der Waals surface area contributed by atoms with Gasteiger partial charge in [-0.15, -0.1) is 0 Å². The van der Waals surface area contributed by atoms with Crippen molar-refractivity contribution in [3.8, 4) is 0 Å². The first-order valence-corrected chi connectivity index (χ1v) is 13.2. The van der Waals surface area contributed by atoms with Crippen LogP contribution in [0.5, 0.6) is 0 Å². The van der Waals surface area contributed by atoms with Crippen molar-refractivity contribution >= 4 is 29.5 Å². The van der Waals surface area contributed by atoms with Gasteiger partial charge in [0.15, 0.2) is 11.6 Å². The molecule has 4 fully saturated rings. The summed E-state index contributed by atoms with van der Waals surface area (Å²) in [7, 11) is 0. The van der Waals surface area contributed by atoms with Crippen LogP contribution in [-0.2, 0) is 11.3 Å². The molecule has 2 aromatic rings. The predicted octanol–water partition coefficient (Wildman–Crippen LogP) is 6.01. The SMILES string of the molecule is CC(C)(C)OC(=O)N[C@@H]1[C@@H]2CC3C[C@H]1C[C@@](CNc1nc(NCc4ccccc4Cl)ncc1F)(C3)C2. The average Bonchev–Trinajstić information content (AvgIpc) is 2.79. The van der Waals surface area contributed by atoms with Gasteiger partial charge in [-0.3, -0.25) is 0 Å². The maximum atomic E-state index is 14.6. The van der Waals surface area contributed by atoms with Crippen LogP contribution in [0.1, 0.15) is 58.4 Å². The molecule has 1 aromatic carbocycles. The molecule has 4 bridgehead atoms. The van der Waals surface area contributed by atoms with Crippen molar-refractivity contribution in [1.29, 1.82) is 0 Å². The van der Waals surface area contributed by atoms with Crippen LogP contribution in [0.25, 0.3) is 0 Å². The molecular formula is C27H35ClFN5O2. The van der Waals surface area contributed by atoms with Crippen LogP contribution < -0.4 is 16.0 Å². The Morgan fingerprint density at radius 1 is 1.17 bits per heavy atom. The second-order valence-corrected chi connectivity index (χ2v) is 12.2. The Labute approximate surface area is 217 Å². The van der Waals surface area contributed by atoms with E-state index in [-0.39, 0.29) is 23.4 Å². The Balaban J connectivity index is 1.22. The number of rotatable bonds is 7. The van der Waals surface area contributed by atoms with Gasteiger partial charge in [-0.25, -0.2) is 14.2 Å². The fraction of sp³-hybridized carbons (Fsp3) is 0.593. The number of carbonyl (C=O) groups excluding carboxylic acids is 1. The highest BCUT2D eigenvalue weighted by molar-refractivity contribution is 6.31. The number of carbonyl (C=O) groups is 1. The Morgan fingerprint density at radius 2 is 1.89 bits per heavy atom. The zero-order valence-corrected chi connectivity index (χ0v) is 21.9. The molecule has 5 atom stereocenters. The molecule has 194 valence electrons. The van der Waals surface area contributed by atoms with Gasteiger partial charge in [0.2, 0.25) is 5.95 Å². The van der Waals surface area contributed by atoms with Gasteiger partial charge in [0.1, 0.15) is 5.60 Å². The number of benzene rings is 1.